The highest BCUT2D eigenvalue weighted by atomic mass is 32.2. The monoisotopic (exact) mass is 228 g/mol. The van der Waals surface area contributed by atoms with E-state index in [4.69, 9.17) is 5.73 Å². The predicted octanol–water partition coefficient (Wildman–Crippen LogP) is 1.47. The van der Waals surface area contributed by atoms with Crippen molar-refractivity contribution >= 4 is 15.7 Å². The molecule has 0 bridgehead atoms. The SMILES string of the molecule is CC[C@H](N)c1ccc(NS(C)(=O)=O)cc1. The molecule has 15 heavy (non-hydrogen) atoms. The van der Waals surface area contributed by atoms with Crippen LogP contribution in [0.25, 0.3) is 0 Å². The minimum Gasteiger partial charge on any atom is -0.324 e. The lowest BCUT2D eigenvalue weighted by Crippen LogP contribution is -2.11. The summed E-state index contributed by atoms with van der Waals surface area (Å²) < 4.78 is 24.3. The van der Waals surface area contributed by atoms with Crippen LogP contribution >= 0.6 is 0 Å². The lowest BCUT2D eigenvalue weighted by atomic mass is 10.1. The first-order chi connectivity index (χ1) is 6.92. The van der Waals surface area contributed by atoms with E-state index in [-0.39, 0.29) is 6.04 Å². The van der Waals surface area contributed by atoms with E-state index < -0.39 is 10.0 Å². The zero-order chi connectivity index (χ0) is 11.5. The van der Waals surface area contributed by atoms with Crippen molar-refractivity contribution in [1.29, 1.82) is 0 Å². The average Bonchev–Trinajstić information content (AvgIpc) is 2.15. The van der Waals surface area contributed by atoms with Gasteiger partial charge in [0.2, 0.25) is 10.0 Å². The molecule has 1 aromatic rings. The number of hydrogen-bond donors (Lipinski definition) is 2. The van der Waals surface area contributed by atoms with Crippen LogP contribution in [-0.4, -0.2) is 14.7 Å². The lowest BCUT2D eigenvalue weighted by Gasteiger charge is -2.10. The minimum atomic E-state index is -3.20. The summed E-state index contributed by atoms with van der Waals surface area (Å²) in [6.07, 6.45) is 1.98. The van der Waals surface area contributed by atoms with Gasteiger partial charge in [-0.05, 0) is 24.1 Å². The standard InChI is InChI=1S/C10H16N2O2S/c1-3-10(11)8-4-6-9(7-5-8)12-15(2,13)14/h4-7,10,12H,3,11H2,1-2H3/t10-/m0/s1. The van der Waals surface area contributed by atoms with E-state index in [0.29, 0.717) is 5.69 Å². The number of benzene rings is 1. The number of rotatable bonds is 4. The third kappa shape index (κ3) is 3.89. The van der Waals surface area contributed by atoms with Gasteiger partial charge in [0.1, 0.15) is 0 Å². The first kappa shape index (κ1) is 12.0. The summed E-state index contributed by atoms with van der Waals surface area (Å²) in [5, 5.41) is 0. The van der Waals surface area contributed by atoms with Crippen LogP contribution in [0.1, 0.15) is 24.9 Å². The number of nitrogens with one attached hydrogen (secondary N) is 1. The number of sulfonamides is 1. The molecule has 3 N–H and O–H groups in total. The molecule has 0 aliphatic carbocycles. The van der Waals surface area contributed by atoms with Crippen LogP contribution < -0.4 is 10.5 Å². The molecule has 1 atom stereocenters. The van der Waals surface area contributed by atoms with Crippen LogP contribution in [0.5, 0.6) is 0 Å². The van der Waals surface area contributed by atoms with E-state index in [1.54, 1.807) is 12.1 Å². The van der Waals surface area contributed by atoms with Crippen LogP contribution in [0.15, 0.2) is 24.3 Å². The fourth-order valence-corrected chi connectivity index (χ4v) is 1.81. The van der Waals surface area contributed by atoms with E-state index in [1.807, 2.05) is 19.1 Å². The molecule has 0 unspecified atom stereocenters. The molecular formula is C10H16N2O2S. The van der Waals surface area contributed by atoms with E-state index in [9.17, 15) is 8.42 Å². The number of hydrogen-bond acceptors (Lipinski definition) is 3. The molecule has 0 aliphatic rings. The zero-order valence-electron chi connectivity index (χ0n) is 8.90. The van der Waals surface area contributed by atoms with Crippen molar-refractivity contribution in [1.82, 2.24) is 0 Å². The molecule has 0 fully saturated rings. The van der Waals surface area contributed by atoms with E-state index in [0.717, 1.165) is 18.2 Å². The number of nitrogens with two attached hydrogens (primary N) is 1. The normalized spacial score (nSPS) is 13.5. The highest BCUT2D eigenvalue weighted by molar-refractivity contribution is 7.92. The van der Waals surface area contributed by atoms with Gasteiger partial charge in [-0.3, -0.25) is 4.72 Å². The molecule has 0 aromatic heterocycles. The van der Waals surface area contributed by atoms with Gasteiger partial charge in [-0.1, -0.05) is 19.1 Å². The van der Waals surface area contributed by atoms with Gasteiger partial charge < -0.3 is 5.73 Å². The fourth-order valence-electron chi connectivity index (χ4n) is 1.25. The maximum Gasteiger partial charge on any atom is 0.229 e. The van der Waals surface area contributed by atoms with Crippen LogP contribution in [0.2, 0.25) is 0 Å². The summed E-state index contributed by atoms with van der Waals surface area (Å²) in [7, 11) is -3.20. The Bertz CT molecular complexity index is 412. The van der Waals surface area contributed by atoms with Crippen molar-refractivity contribution < 1.29 is 8.42 Å². The fraction of sp³-hybridized carbons (Fsp3) is 0.400. The van der Waals surface area contributed by atoms with Gasteiger partial charge in [-0.15, -0.1) is 0 Å². The summed E-state index contributed by atoms with van der Waals surface area (Å²) in [6.45, 7) is 2.01. The topological polar surface area (TPSA) is 72.2 Å². The largest absolute Gasteiger partial charge is 0.324 e. The van der Waals surface area contributed by atoms with Gasteiger partial charge in [0, 0.05) is 11.7 Å². The third-order valence-corrected chi connectivity index (χ3v) is 2.69. The second-order valence-corrected chi connectivity index (χ2v) is 5.26. The van der Waals surface area contributed by atoms with Gasteiger partial charge in [-0.2, -0.15) is 0 Å². The molecule has 0 aliphatic heterocycles. The summed E-state index contributed by atoms with van der Waals surface area (Å²) in [5.74, 6) is 0. The van der Waals surface area contributed by atoms with Crippen molar-refractivity contribution in [2.75, 3.05) is 11.0 Å². The van der Waals surface area contributed by atoms with Gasteiger partial charge in [0.05, 0.1) is 6.26 Å². The molecule has 5 heteroatoms. The molecule has 4 nitrogen and oxygen atoms in total. The summed E-state index contributed by atoms with van der Waals surface area (Å²) in [5.41, 5.74) is 7.40. The molecule has 0 saturated carbocycles. The van der Waals surface area contributed by atoms with Gasteiger partial charge in [-0.25, -0.2) is 8.42 Å². The van der Waals surface area contributed by atoms with Crippen LogP contribution in [0.4, 0.5) is 5.69 Å². The minimum absolute atomic E-state index is 0.0114. The van der Waals surface area contributed by atoms with Gasteiger partial charge in [0.25, 0.3) is 0 Å². The maximum absolute atomic E-state index is 10.9. The molecule has 1 aromatic carbocycles. The maximum atomic E-state index is 10.9. The Kier molecular flexibility index (Phi) is 3.71. The third-order valence-electron chi connectivity index (χ3n) is 2.08. The van der Waals surface area contributed by atoms with Crippen molar-refractivity contribution in [3.8, 4) is 0 Å². The van der Waals surface area contributed by atoms with E-state index in [2.05, 4.69) is 4.72 Å². The van der Waals surface area contributed by atoms with Crippen molar-refractivity contribution in [2.45, 2.75) is 19.4 Å². The van der Waals surface area contributed by atoms with Crippen LogP contribution in [0, 0.1) is 0 Å². The van der Waals surface area contributed by atoms with Gasteiger partial charge in [0.15, 0.2) is 0 Å². The second-order valence-electron chi connectivity index (χ2n) is 3.51. The Balaban J connectivity index is 2.81. The highest BCUT2D eigenvalue weighted by Crippen LogP contribution is 2.17. The molecule has 84 valence electrons. The molecular weight excluding hydrogens is 212 g/mol. The lowest BCUT2D eigenvalue weighted by molar-refractivity contribution is 0.607. The van der Waals surface area contributed by atoms with Crippen molar-refractivity contribution in [2.24, 2.45) is 5.73 Å². The molecule has 0 radical (unpaired) electrons. The average molecular weight is 228 g/mol. The quantitative estimate of drug-likeness (QED) is 0.819. The summed E-state index contributed by atoms with van der Waals surface area (Å²) >= 11 is 0. The summed E-state index contributed by atoms with van der Waals surface area (Å²) in [4.78, 5) is 0. The molecule has 0 spiro atoms. The molecule has 1 rings (SSSR count). The van der Waals surface area contributed by atoms with Crippen LogP contribution in [0.3, 0.4) is 0 Å². The number of anilines is 1. The molecule has 0 saturated heterocycles. The van der Waals surface area contributed by atoms with E-state index in [1.165, 1.54) is 0 Å². The van der Waals surface area contributed by atoms with Crippen molar-refractivity contribution in [3.05, 3.63) is 29.8 Å². The Hall–Kier alpha value is -1.07. The van der Waals surface area contributed by atoms with E-state index >= 15 is 0 Å². The first-order valence-electron chi connectivity index (χ1n) is 4.75. The Labute approximate surface area is 90.5 Å². The summed E-state index contributed by atoms with van der Waals surface area (Å²) in [6, 6.07) is 7.11. The highest BCUT2D eigenvalue weighted by Gasteiger charge is 2.04. The Morgan fingerprint density at radius 3 is 2.27 bits per heavy atom. The second kappa shape index (κ2) is 4.63. The van der Waals surface area contributed by atoms with Crippen molar-refractivity contribution in [3.63, 3.8) is 0 Å². The zero-order valence-corrected chi connectivity index (χ0v) is 9.71. The smallest absolute Gasteiger partial charge is 0.229 e. The molecule has 0 amide bonds. The van der Waals surface area contributed by atoms with Crippen LogP contribution in [-0.2, 0) is 10.0 Å². The first-order valence-corrected chi connectivity index (χ1v) is 6.65. The predicted molar refractivity (Wildman–Crippen MR) is 62.1 cm³/mol. The molecule has 0 heterocycles. The Morgan fingerprint density at radius 1 is 1.33 bits per heavy atom. The Morgan fingerprint density at radius 2 is 1.87 bits per heavy atom. The van der Waals surface area contributed by atoms with Gasteiger partial charge >= 0.3 is 0 Å².